The van der Waals surface area contributed by atoms with Crippen molar-refractivity contribution in [1.29, 1.82) is 0 Å². The van der Waals surface area contributed by atoms with Gasteiger partial charge >= 0.3 is 5.97 Å². The Kier molecular flexibility index (Phi) is 8.87. The number of carbonyl (C=O) groups excluding carboxylic acids is 3. The molecule has 9 heteroatoms. The lowest BCUT2D eigenvalue weighted by molar-refractivity contribution is -0.150. The van der Waals surface area contributed by atoms with Crippen LogP contribution in [0, 0.1) is 11.8 Å². The summed E-state index contributed by atoms with van der Waals surface area (Å²) in [6.45, 7) is 9.29. The van der Waals surface area contributed by atoms with Crippen LogP contribution >= 0.6 is 0 Å². The summed E-state index contributed by atoms with van der Waals surface area (Å²) in [7, 11) is 0. The van der Waals surface area contributed by atoms with E-state index in [2.05, 4.69) is 10.6 Å². The van der Waals surface area contributed by atoms with Gasteiger partial charge in [0.25, 0.3) is 0 Å². The number of aliphatic carboxylic acids is 1. The van der Waals surface area contributed by atoms with Gasteiger partial charge in [-0.2, -0.15) is 0 Å². The lowest BCUT2D eigenvalue weighted by atomic mass is 9.99. The van der Waals surface area contributed by atoms with Crippen LogP contribution in [-0.2, 0) is 19.2 Å². The Morgan fingerprint density at radius 2 is 1.68 bits per heavy atom. The molecule has 0 spiro atoms. The van der Waals surface area contributed by atoms with Gasteiger partial charge in [0.05, 0.1) is 6.04 Å². The Balaban J connectivity index is 2.95. The van der Waals surface area contributed by atoms with Gasteiger partial charge in [-0.25, -0.2) is 4.79 Å². The van der Waals surface area contributed by atoms with Gasteiger partial charge < -0.3 is 26.4 Å². The van der Waals surface area contributed by atoms with Crippen LogP contribution in [-0.4, -0.2) is 64.4 Å². The van der Waals surface area contributed by atoms with Crippen LogP contribution in [0.3, 0.4) is 0 Å². The normalized spacial score (nSPS) is 20.0. The summed E-state index contributed by atoms with van der Waals surface area (Å²) in [6, 6.07) is -3.31. The van der Waals surface area contributed by atoms with E-state index in [4.69, 9.17) is 5.73 Å². The first-order valence-corrected chi connectivity index (χ1v) is 9.85. The highest BCUT2D eigenvalue weighted by Crippen LogP contribution is 2.20. The monoisotopic (exact) mass is 398 g/mol. The molecule has 9 nitrogen and oxygen atoms in total. The van der Waals surface area contributed by atoms with Gasteiger partial charge in [-0.1, -0.05) is 27.7 Å². The van der Waals surface area contributed by atoms with Crippen LogP contribution in [0.25, 0.3) is 0 Å². The average molecular weight is 399 g/mol. The molecule has 160 valence electrons. The molecule has 3 amide bonds. The third-order valence-corrected chi connectivity index (χ3v) is 4.81. The lowest BCUT2D eigenvalue weighted by Gasteiger charge is -2.31. The third-order valence-electron chi connectivity index (χ3n) is 4.81. The molecular formula is C19H34N4O5. The van der Waals surface area contributed by atoms with E-state index in [1.807, 2.05) is 13.8 Å². The molecule has 0 saturated carbocycles. The molecule has 0 aromatic carbocycles. The van der Waals surface area contributed by atoms with Crippen molar-refractivity contribution in [1.82, 2.24) is 15.5 Å². The molecule has 0 radical (unpaired) electrons. The first-order valence-electron chi connectivity index (χ1n) is 9.85. The molecule has 1 saturated heterocycles. The number of nitrogens with two attached hydrogens (primary N) is 1. The van der Waals surface area contributed by atoms with Crippen molar-refractivity contribution in [3.05, 3.63) is 0 Å². The van der Waals surface area contributed by atoms with E-state index in [9.17, 15) is 24.3 Å². The fourth-order valence-corrected chi connectivity index (χ4v) is 3.24. The number of rotatable bonds is 9. The molecule has 4 atom stereocenters. The molecule has 1 rings (SSSR count). The van der Waals surface area contributed by atoms with Crippen molar-refractivity contribution in [2.75, 3.05) is 6.54 Å². The molecule has 1 heterocycles. The fourth-order valence-electron chi connectivity index (χ4n) is 3.24. The predicted molar refractivity (Wildman–Crippen MR) is 104 cm³/mol. The molecular weight excluding hydrogens is 364 g/mol. The largest absolute Gasteiger partial charge is 0.480 e. The molecule has 0 aromatic heterocycles. The smallest absolute Gasteiger partial charge is 0.326 e. The number of carboxylic acids is 1. The number of hydrogen-bond acceptors (Lipinski definition) is 5. The number of carbonyl (C=O) groups is 4. The maximum atomic E-state index is 13.0. The van der Waals surface area contributed by atoms with Crippen LogP contribution in [0.2, 0.25) is 0 Å². The summed E-state index contributed by atoms with van der Waals surface area (Å²) >= 11 is 0. The third kappa shape index (κ3) is 6.47. The van der Waals surface area contributed by atoms with Crippen molar-refractivity contribution in [3.8, 4) is 0 Å². The molecule has 1 fully saturated rings. The number of likely N-dealkylation sites (tertiary alicyclic amines) is 1. The fraction of sp³-hybridized carbons (Fsp3) is 0.789. The number of hydrogen-bond donors (Lipinski definition) is 4. The van der Waals surface area contributed by atoms with Gasteiger partial charge in [-0.3, -0.25) is 14.4 Å². The van der Waals surface area contributed by atoms with E-state index >= 15 is 0 Å². The molecule has 28 heavy (non-hydrogen) atoms. The number of nitrogens with one attached hydrogen (secondary N) is 2. The first-order chi connectivity index (χ1) is 13.0. The van der Waals surface area contributed by atoms with Gasteiger partial charge in [0.1, 0.15) is 18.1 Å². The minimum absolute atomic E-state index is 0.132. The SMILES string of the molecule is CC(C)C[C@H](NC(=O)[C@H](C)N)C(=O)N[C@H](C(=O)N1CCC[C@H]1C(=O)O)C(C)C. The van der Waals surface area contributed by atoms with E-state index < -0.39 is 47.9 Å². The minimum Gasteiger partial charge on any atom is -0.480 e. The summed E-state index contributed by atoms with van der Waals surface area (Å²) in [6.07, 6.45) is 1.41. The Bertz CT molecular complexity index is 591. The molecule has 5 N–H and O–H groups in total. The Hall–Kier alpha value is -2.16. The highest BCUT2D eigenvalue weighted by molar-refractivity contribution is 5.94. The summed E-state index contributed by atoms with van der Waals surface area (Å²) < 4.78 is 0. The zero-order valence-corrected chi connectivity index (χ0v) is 17.4. The van der Waals surface area contributed by atoms with E-state index in [1.165, 1.54) is 11.8 Å². The van der Waals surface area contributed by atoms with E-state index in [0.717, 1.165) is 0 Å². The number of amides is 3. The van der Waals surface area contributed by atoms with E-state index in [1.54, 1.807) is 13.8 Å². The van der Waals surface area contributed by atoms with Crippen LogP contribution in [0.1, 0.15) is 53.9 Å². The number of nitrogens with zero attached hydrogens (tertiary/aromatic N) is 1. The second-order valence-electron chi connectivity index (χ2n) is 8.24. The molecule has 0 bridgehead atoms. The molecule has 0 aromatic rings. The van der Waals surface area contributed by atoms with Gasteiger partial charge in [-0.05, 0) is 38.0 Å². The quantitative estimate of drug-likeness (QED) is 0.433. The Morgan fingerprint density at radius 3 is 2.14 bits per heavy atom. The Labute approximate surface area is 166 Å². The molecule has 0 unspecified atom stereocenters. The average Bonchev–Trinajstić information content (AvgIpc) is 3.07. The second kappa shape index (κ2) is 10.4. The Morgan fingerprint density at radius 1 is 1.07 bits per heavy atom. The van der Waals surface area contributed by atoms with Gasteiger partial charge in [0.2, 0.25) is 17.7 Å². The summed E-state index contributed by atoms with van der Waals surface area (Å²) in [5.74, 6) is -2.47. The lowest BCUT2D eigenvalue weighted by Crippen LogP contribution is -2.58. The highest BCUT2D eigenvalue weighted by atomic mass is 16.4. The maximum Gasteiger partial charge on any atom is 0.326 e. The van der Waals surface area contributed by atoms with Crippen LogP contribution in [0.4, 0.5) is 0 Å². The standard InChI is InChI=1S/C19H34N4O5/c1-10(2)9-13(21-16(24)12(5)20)17(25)22-15(11(3)4)18(26)23-8-6-7-14(23)19(27)28/h10-15H,6-9,20H2,1-5H3,(H,21,24)(H,22,25)(H,27,28)/t12-,13-,14-,15-/m0/s1. The zero-order valence-electron chi connectivity index (χ0n) is 17.4. The van der Waals surface area contributed by atoms with Crippen molar-refractivity contribution < 1.29 is 24.3 Å². The van der Waals surface area contributed by atoms with Gasteiger partial charge in [0, 0.05) is 6.54 Å². The summed E-state index contributed by atoms with van der Waals surface area (Å²) in [5.41, 5.74) is 5.58. The minimum atomic E-state index is -1.04. The zero-order chi connectivity index (χ0) is 21.6. The molecule has 1 aliphatic heterocycles. The number of carboxylic acid groups (broad SMARTS) is 1. The first kappa shape index (κ1) is 23.9. The molecule has 1 aliphatic rings. The second-order valence-corrected chi connectivity index (χ2v) is 8.24. The van der Waals surface area contributed by atoms with Crippen LogP contribution < -0.4 is 16.4 Å². The van der Waals surface area contributed by atoms with Crippen LogP contribution in [0.5, 0.6) is 0 Å². The summed E-state index contributed by atoms with van der Waals surface area (Å²) in [4.78, 5) is 50.5. The van der Waals surface area contributed by atoms with E-state index in [0.29, 0.717) is 25.8 Å². The predicted octanol–water partition coefficient (Wildman–Crippen LogP) is 0.0809. The van der Waals surface area contributed by atoms with Crippen molar-refractivity contribution >= 4 is 23.7 Å². The van der Waals surface area contributed by atoms with Crippen molar-refractivity contribution in [2.24, 2.45) is 17.6 Å². The van der Waals surface area contributed by atoms with Crippen molar-refractivity contribution in [3.63, 3.8) is 0 Å². The summed E-state index contributed by atoms with van der Waals surface area (Å²) in [5, 5.41) is 14.7. The van der Waals surface area contributed by atoms with E-state index in [-0.39, 0.29) is 11.8 Å². The highest BCUT2D eigenvalue weighted by Gasteiger charge is 2.39. The van der Waals surface area contributed by atoms with Gasteiger partial charge in [-0.15, -0.1) is 0 Å². The van der Waals surface area contributed by atoms with Gasteiger partial charge in [0.15, 0.2) is 0 Å². The molecule has 0 aliphatic carbocycles. The van der Waals surface area contributed by atoms with Crippen LogP contribution in [0.15, 0.2) is 0 Å². The maximum absolute atomic E-state index is 13.0. The topological polar surface area (TPSA) is 142 Å². The van der Waals surface area contributed by atoms with Crippen molar-refractivity contribution in [2.45, 2.75) is 78.0 Å².